The summed E-state index contributed by atoms with van der Waals surface area (Å²) < 4.78 is 5.33. The first kappa shape index (κ1) is 25.8. The molecule has 0 aromatic heterocycles. The lowest BCUT2D eigenvalue weighted by atomic mass is 9.86. The number of hydrogen-bond acceptors (Lipinski definition) is 6. The van der Waals surface area contributed by atoms with Crippen molar-refractivity contribution in [2.24, 2.45) is 11.7 Å². The zero-order valence-corrected chi connectivity index (χ0v) is 20.9. The van der Waals surface area contributed by atoms with E-state index in [1.807, 2.05) is 29.2 Å². The van der Waals surface area contributed by atoms with Gasteiger partial charge < -0.3 is 30.5 Å². The van der Waals surface area contributed by atoms with Gasteiger partial charge in [-0.25, -0.2) is 4.79 Å². The van der Waals surface area contributed by atoms with Crippen LogP contribution in [-0.2, 0) is 14.3 Å². The van der Waals surface area contributed by atoms with E-state index in [0.717, 1.165) is 64.0 Å². The van der Waals surface area contributed by atoms with E-state index < -0.39 is 0 Å². The molecule has 0 spiro atoms. The van der Waals surface area contributed by atoms with Gasteiger partial charge >= 0.3 is 12.0 Å². The number of benzene rings is 1. The average molecular weight is 499 g/mol. The quantitative estimate of drug-likeness (QED) is 0.312. The zero-order valence-electron chi connectivity index (χ0n) is 20.9. The lowest BCUT2D eigenvalue weighted by Crippen LogP contribution is -2.54. The van der Waals surface area contributed by atoms with E-state index in [-0.39, 0.29) is 42.3 Å². The maximum Gasteiger partial charge on any atom is 0.317 e. The topological polar surface area (TPSA) is 132 Å². The van der Waals surface area contributed by atoms with Crippen molar-refractivity contribution in [3.05, 3.63) is 29.8 Å². The third-order valence-corrected chi connectivity index (χ3v) is 7.55. The van der Waals surface area contributed by atoms with Crippen molar-refractivity contribution in [3.63, 3.8) is 0 Å². The van der Waals surface area contributed by atoms with Crippen LogP contribution >= 0.6 is 0 Å². The van der Waals surface area contributed by atoms with Crippen molar-refractivity contribution in [2.45, 2.75) is 51.0 Å². The van der Waals surface area contributed by atoms with Gasteiger partial charge in [0.1, 0.15) is 5.84 Å². The lowest BCUT2D eigenvalue weighted by molar-refractivity contribution is -0.156. The number of nitrogens with two attached hydrogens (primary N) is 1. The Labute approximate surface area is 212 Å². The van der Waals surface area contributed by atoms with Crippen LogP contribution in [0.5, 0.6) is 0 Å². The SMILES string of the molecule is N=C(N)c1ccc(N2CCN(C(=O)NC3CCC(C(=O)OCC(=O)N4CCCCC4)CC3)CC2)cc1. The number of amidine groups is 1. The van der Waals surface area contributed by atoms with Crippen LogP contribution in [0.4, 0.5) is 10.5 Å². The van der Waals surface area contributed by atoms with Gasteiger partial charge in [-0.05, 0) is 69.2 Å². The van der Waals surface area contributed by atoms with Crippen LogP contribution in [0, 0.1) is 11.3 Å². The number of hydrogen-bond donors (Lipinski definition) is 3. The molecule has 10 nitrogen and oxygen atoms in total. The predicted octanol–water partition coefficient (Wildman–Crippen LogP) is 1.92. The molecule has 0 atom stereocenters. The van der Waals surface area contributed by atoms with E-state index in [4.69, 9.17) is 15.9 Å². The fourth-order valence-electron chi connectivity index (χ4n) is 5.24. The zero-order chi connectivity index (χ0) is 25.5. The van der Waals surface area contributed by atoms with Crippen LogP contribution < -0.4 is 16.0 Å². The molecule has 36 heavy (non-hydrogen) atoms. The highest BCUT2D eigenvalue weighted by Crippen LogP contribution is 2.26. The largest absolute Gasteiger partial charge is 0.455 e. The van der Waals surface area contributed by atoms with Crippen molar-refractivity contribution in [1.29, 1.82) is 5.41 Å². The van der Waals surface area contributed by atoms with Crippen molar-refractivity contribution >= 4 is 29.4 Å². The van der Waals surface area contributed by atoms with Gasteiger partial charge in [-0.3, -0.25) is 15.0 Å². The van der Waals surface area contributed by atoms with Crippen LogP contribution in [0.15, 0.2) is 24.3 Å². The number of rotatable bonds is 6. The Hall–Kier alpha value is -3.30. The number of anilines is 1. The normalized spacial score (nSPS) is 22.6. The summed E-state index contributed by atoms with van der Waals surface area (Å²) in [5.74, 6) is -0.545. The Balaban J connectivity index is 1.14. The third kappa shape index (κ3) is 6.67. The maximum absolute atomic E-state index is 12.8. The minimum Gasteiger partial charge on any atom is -0.455 e. The van der Waals surface area contributed by atoms with Crippen LogP contribution in [0.3, 0.4) is 0 Å². The molecular formula is C26H38N6O4. The van der Waals surface area contributed by atoms with Crippen molar-refractivity contribution < 1.29 is 19.1 Å². The minimum atomic E-state index is -0.294. The molecule has 3 aliphatic rings. The number of nitrogens with one attached hydrogen (secondary N) is 2. The van der Waals surface area contributed by atoms with Crippen molar-refractivity contribution in [1.82, 2.24) is 15.1 Å². The Morgan fingerprint density at radius 1 is 0.889 bits per heavy atom. The number of piperidine rings is 1. The molecule has 0 bridgehead atoms. The predicted molar refractivity (Wildman–Crippen MR) is 137 cm³/mol. The molecule has 3 fully saturated rings. The molecule has 2 heterocycles. The number of esters is 1. The summed E-state index contributed by atoms with van der Waals surface area (Å²) >= 11 is 0. The first-order chi connectivity index (χ1) is 17.4. The molecule has 1 aromatic carbocycles. The first-order valence-electron chi connectivity index (χ1n) is 13.1. The van der Waals surface area contributed by atoms with Crippen LogP contribution in [0.25, 0.3) is 0 Å². The summed E-state index contributed by atoms with van der Waals surface area (Å²) in [4.78, 5) is 43.3. The fourth-order valence-corrected chi connectivity index (χ4v) is 5.24. The highest BCUT2D eigenvalue weighted by Gasteiger charge is 2.30. The van der Waals surface area contributed by atoms with E-state index in [0.29, 0.717) is 31.5 Å². The Morgan fingerprint density at radius 3 is 2.14 bits per heavy atom. The van der Waals surface area contributed by atoms with Crippen LogP contribution in [0.2, 0.25) is 0 Å². The van der Waals surface area contributed by atoms with Gasteiger partial charge in [0.15, 0.2) is 6.61 Å². The number of carbonyl (C=O) groups is 3. The summed E-state index contributed by atoms with van der Waals surface area (Å²) in [6.45, 7) is 4.08. The van der Waals surface area contributed by atoms with Gasteiger partial charge in [-0.15, -0.1) is 0 Å². The number of amides is 3. The van der Waals surface area contributed by atoms with Gasteiger partial charge in [-0.1, -0.05) is 0 Å². The highest BCUT2D eigenvalue weighted by molar-refractivity contribution is 5.95. The lowest BCUT2D eigenvalue weighted by Gasteiger charge is -2.37. The summed E-state index contributed by atoms with van der Waals surface area (Å²) in [5, 5.41) is 10.6. The molecule has 196 valence electrons. The third-order valence-electron chi connectivity index (χ3n) is 7.55. The average Bonchev–Trinajstić information content (AvgIpc) is 2.92. The smallest absolute Gasteiger partial charge is 0.317 e. The van der Waals surface area contributed by atoms with E-state index in [1.165, 1.54) is 0 Å². The fraction of sp³-hybridized carbons (Fsp3) is 0.615. The van der Waals surface area contributed by atoms with E-state index in [2.05, 4.69) is 10.2 Å². The van der Waals surface area contributed by atoms with Crippen LogP contribution in [-0.4, -0.2) is 85.5 Å². The van der Waals surface area contributed by atoms with E-state index in [1.54, 1.807) is 4.90 Å². The molecule has 2 aliphatic heterocycles. The number of carbonyl (C=O) groups excluding carboxylic acids is 3. The second-order valence-corrected chi connectivity index (χ2v) is 9.98. The summed E-state index contributed by atoms with van der Waals surface area (Å²) in [6.07, 6.45) is 5.96. The molecule has 4 N–H and O–H groups in total. The molecular weight excluding hydrogens is 460 g/mol. The highest BCUT2D eigenvalue weighted by atomic mass is 16.5. The number of nitrogen functional groups attached to an aromatic ring is 1. The number of likely N-dealkylation sites (tertiary alicyclic amines) is 1. The Kier molecular flexibility index (Phi) is 8.66. The summed E-state index contributed by atoms with van der Waals surface area (Å²) in [6, 6.07) is 7.59. The van der Waals surface area contributed by atoms with Gasteiger partial charge in [0, 0.05) is 56.6 Å². The Morgan fingerprint density at radius 2 is 1.53 bits per heavy atom. The molecule has 4 rings (SSSR count). The number of nitrogens with zero attached hydrogens (tertiary/aromatic N) is 3. The molecule has 2 saturated heterocycles. The van der Waals surface area contributed by atoms with E-state index in [9.17, 15) is 14.4 Å². The molecule has 0 radical (unpaired) electrons. The molecule has 0 unspecified atom stereocenters. The summed E-state index contributed by atoms with van der Waals surface area (Å²) in [7, 11) is 0. The number of ether oxygens (including phenoxy) is 1. The standard InChI is InChI=1S/C26H38N6O4/c27-24(28)19-6-10-22(11-7-19)30-14-16-32(17-15-30)26(35)29-21-8-4-20(5-9-21)25(34)36-18-23(33)31-12-2-1-3-13-31/h6-7,10-11,20-21H,1-5,8-9,12-18H2,(H3,27,28)(H,29,35). The number of piperazine rings is 1. The number of urea groups is 1. The first-order valence-corrected chi connectivity index (χ1v) is 13.1. The van der Waals surface area contributed by atoms with Gasteiger partial charge in [0.05, 0.1) is 5.92 Å². The molecule has 1 aliphatic carbocycles. The minimum absolute atomic E-state index is 0.0497. The summed E-state index contributed by atoms with van der Waals surface area (Å²) in [5.41, 5.74) is 7.28. The van der Waals surface area contributed by atoms with Gasteiger partial charge in [0.2, 0.25) is 0 Å². The second kappa shape index (κ2) is 12.1. The monoisotopic (exact) mass is 498 g/mol. The van der Waals surface area contributed by atoms with Crippen molar-refractivity contribution in [2.75, 3.05) is 50.8 Å². The van der Waals surface area contributed by atoms with Gasteiger partial charge in [-0.2, -0.15) is 0 Å². The van der Waals surface area contributed by atoms with Gasteiger partial charge in [0.25, 0.3) is 5.91 Å². The van der Waals surface area contributed by atoms with Crippen LogP contribution in [0.1, 0.15) is 50.5 Å². The molecule has 3 amide bonds. The van der Waals surface area contributed by atoms with Crippen molar-refractivity contribution in [3.8, 4) is 0 Å². The molecule has 1 aromatic rings. The molecule has 1 saturated carbocycles. The second-order valence-electron chi connectivity index (χ2n) is 9.98. The van der Waals surface area contributed by atoms with E-state index >= 15 is 0 Å². The maximum atomic E-state index is 12.8. The molecule has 10 heteroatoms. The Bertz CT molecular complexity index is 930.